The van der Waals surface area contributed by atoms with Crippen molar-refractivity contribution in [1.82, 2.24) is 0 Å². The number of rotatable bonds is 2. The van der Waals surface area contributed by atoms with Gasteiger partial charge < -0.3 is 9.47 Å². The van der Waals surface area contributed by atoms with E-state index >= 15 is 0 Å². The highest BCUT2D eigenvalue weighted by Crippen LogP contribution is 2.25. The predicted octanol–water partition coefficient (Wildman–Crippen LogP) is 2.56. The fraction of sp³-hybridized carbons (Fsp3) is 0.467. The average Bonchev–Trinajstić information content (AvgIpc) is 2.72. The predicted molar refractivity (Wildman–Crippen MR) is 73.2 cm³/mol. The number of carbonyl (C=O) groups is 1. The summed E-state index contributed by atoms with van der Waals surface area (Å²) in [7, 11) is 0. The van der Waals surface area contributed by atoms with Gasteiger partial charge in [0.1, 0.15) is 12.2 Å². The Morgan fingerprint density at radius 2 is 1.95 bits per heavy atom. The van der Waals surface area contributed by atoms with Gasteiger partial charge in [-0.15, -0.1) is 0 Å². The molecule has 0 amide bonds. The third kappa shape index (κ3) is 3.13. The van der Waals surface area contributed by atoms with Crippen LogP contribution in [0.5, 0.6) is 0 Å². The van der Waals surface area contributed by atoms with Crippen LogP contribution in [0.3, 0.4) is 0 Å². The Morgan fingerprint density at radius 1 is 1.32 bits per heavy atom. The number of ether oxygens (including phenoxy) is 2. The highest BCUT2D eigenvalue weighted by Gasteiger charge is 2.42. The van der Waals surface area contributed by atoms with E-state index < -0.39 is 11.1 Å². The minimum absolute atomic E-state index is 0.214. The summed E-state index contributed by atoms with van der Waals surface area (Å²) in [5, 5.41) is 0. The van der Waals surface area contributed by atoms with Crippen LogP contribution in [0.25, 0.3) is 0 Å². The molecular formula is C15H19NO3. The van der Waals surface area contributed by atoms with E-state index in [4.69, 9.17) is 9.47 Å². The molecule has 1 aliphatic heterocycles. The number of hydrogen-bond acceptors (Lipinski definition) is 4. The molecule has 0 unspecified atom stereocenters. The third-order valence-electron chi connectivity index (χ3n) is 2.70. The van der Waals surface area contributed by atoms with Crippen LogP contribution in [-0.2, 0) is 14.3 Å². The second-order valence-electron chi connectivity index (χ2n) is 5.85. The van der Waals surface area contributed by atoms with Crippen molar-refractivity contribution in [3.63, 3.8) is 0 Å². The maximum absolute atomic E-state index is 12.2. The normalized spacial score (nSPS) is 22.6. The molecule has 0 aliphatic carbocycles. The van der Waals surface area contributed by atoms with Crippen LogP contribution in [-0.4, -0.2) is 29.6 Å². The minimum atomic E-state index is -0.960. The molecule has 102 valence electrons. The number of carbonyl (C=O) groups excluding carboxylic acids is 1. The Hall–Kier alpha value is -1.84. The van der Waals surface area contributed by atoms with Gasteiger partial charge in [0.15, 0.2) is 5.54 Å². The summed E-state index contributed by atoms with van der Waals surface area (Å²) in [5.74, 6) is 0.139. The van der Waals surface area contributed by atoms with Crippen LogP contribution in [0.2, 0.25) is 0 Å². The Kier molecular flexibility index (Phi) is 3.35. The molecule has 0 saturated heterocycles. The topological polar surface area (TPSA) is 47.9 Å². The van der Waals surface area contributed by atoms with Gasteiger partial charge >= 0.3 is 5.97 Å². The molecular weight excluding hydrogens is 242 g/mol. The molecule has 2 rings (SSSR count). The highest BCUT2D eigenvalue weighted by atomic mass is 16.6. The number of benzene rings is 1. The Bertz CT molecular complexity index is 502. The molecule has 4 heteroatoms. The number of esters is 1. The quantitative estimate of drug-likeness (QED) is 0.769. The second-order valence-corrected chi connectivity index (χ2v) is 5.85. The van der Waals surface area contributed by atoms with Crippen molar-refractivity contribution in [2.24, 2.45) is 4.99 Å². The first kappa shape index (κ1) is 13.6. The molecule has 0 N–H and O–H groups in total. The molecule has 19 heavy (non-hydrogen) atoms. The fourth-order valence-electron chi connectivity index (χ4n) is 1.72. The van der Waals surface area contributed by atoms with Gasteiger partial charge in [-0.2, -0.15) is 0 Å². The minimum Gasteiger partial charge on any atom is -0.474 e. The number of hydrogen-bond donors (Lipinski definition) is 0. The zero-order valence-corrected chi connectivity index (χ0v) is 11.8. The maximum atomic E-state index is 12.2. The lowest BCUT2D eigenvalue weighted by molar-refractivity contribution is -0.161. The van der Waals surface area contributed by atoms with E-state index in [9.17, 15) is 4.79 Å². The first-order valence-electron chi connectivity index (χ1n) is 6.32. The first-order valence-corrected chi connectivity index (χ1v) is 6.32. The van der Waals surface area contributed by atoms with Gasteiger partial charge in [0.25, 0.3) is 0 Å². The third-order valence-corrected chi connectivity index (χ3v) is 2.70. The largest absolute Gasteiger partial charge is 0.474 e. The van der Waals surface area contributed by atoms with Gasteiger partial charge in [-0.05, 0) is 39.8 Å². The van der Waals surface area contributed by atoms with E-state index in [1.165, 1.54) is 0 Å². The molecule has 1 aliphatic rings. The van der Waals surface area contributed by atoms with Gasteiger partial charge in [-0.3, -0.25) is 0 Å². The summed E-state index contributed by atoms with van der Waals surface area (Å²) in [6.07, 6.45) is 0. The van der Waals surface area contributed by atoms with Crippen molar-refractivity contribution in [2.75, 3.05) is 6.61 Å². The van der Waals surface area contributed by atoms with Gasteiger partial charge in [0.05, 0.1) is 0 Å². The molecule has 4 nitrogen and oxygen atoms in total. The molecule has 0 bridgehead atoms. The van der Waals surface area contributed by atoms with E-state index in [2.05, 4.69) is 4.99 Å². The maximum Gasteiger partial charge on any atom is 0.337 e. The second kappa shape index (κ2) is 4.68. The van der Waals surface area contributed by atoms with E-state index in [-0.39, 0.29) is 12.6 Å². The Balaban J connectivity index is 2.19. The zero-order chi connectivity index (χ0) is 14.1. The summed E-state index contributed by atoms with van der Waals surface area (Å²) in [5.41, 5.74) is -0.612. The summed E-state index contributed by atoms with van der Waals surface area (Å²) >= 11 is 0. The smallest absolute Gasteiger partial charge is 0.337 e. The standard InChI is InChI=1S/C15H19NO3/c1-14(2,3)19-13(17)15(4)10-18-12(16-15)11-8-6-5-7-9-11/h5-9H,10H2,1-4H3/t15-/m1/s1. The van der Waals surface area contributed by atoms with Crippen molar-refractivity contribution in [3.05, 3.63) is 35.9 Å². The summed E-state index contributed by atoms with van der Waals surface area (Å²) in [4.78, 5) is 16.5. The molecule has 0 saturated carbocycles. The van der Waals surface area contributed by atoms with Crippen LogP contribution >= 0.6 is 0 Å². The summed E-state index contributed by atoms with van der Waals surface area (Å²) in [6.45, 7) is 7.47. The van der Waals surface area contributed by atoms with Crippen molar-refractivity contribution in [1.29, 1.82) is 0 Å². The average molecular weight is 261 g/mol. The van der Waals surface area contributed by atoms with Crippen LogP contribution in [0.1, 0.15) is 33.3 Å². The molecule has 0 spiro atoms. The van der Waals surface area contributed by atoms with Gasteiger partial charge in [-0.25, -0.2) is 9.79 Å². The van der Waals surface area contributed by atoms with Crippen LogP contribution in [0, 0.1) is 0 Å². The lowest BCUT2D eigenvalue weighted by Crippen LogP contribution is -2.40. The van der Waals surface area contributed by atoms with E-state index in [1.807, 2.05) is 51.1 Å². The lowest BCUT2D eigenvalue weighted by Gasteiger charge is -2.25. The molecule has 1 aromatic carbocycles. The lowest BCUT2D eigenvalue weighted by atomic mass is 10.1. The van der Waals surface area contributed by atoms with Gasteiger partial charge in [-0.1, -0.05) is 18.2 Å². The van der Waals surface area contributed by atoms with Crippen molar-refractivity contribution in [2.45, 2.75) is 38.8 Å². The molecule has 0 fully saturated rings. The van der Waals surface area contributed by atoms with Crippen LogP contribution in [0.15, 0.2) is 35.3 Å². The van der Waals surface area contributed by atoms with Crippen molar-refractivity contribution in [3.8, 4) is 0 Å². The SMILES string of the molecule is CC(C)(C)OC(=O)[C@@]1(C)COC(c2ccccc2)=N1. The summed E-state index contributed by atoms with van der Waals surface area (Å²) < 4.78 is 10.9. The Labute approximate surface area is 113 Å². The summed E-state index contributed by atoms with van der Waals surface area (Å²) in [6, 6.07) is 9.54. The Morgan fingerprint density at radius 3 is 2.53 bits per heavy atom. The molecule has 0 aromatic heterocycles. The van der Waals surface area contributed by atoms with E-state index in [0.29, 0.717) is 5.90 Å². The monoisotopic (exact) mass is 261 g/mol. The number of aliphatic imine (C=N–C) groups is 1. The van der Waals surface area contributed by atoms with Gasteiger partial charge in [0, 0.05) is 5.56 Å². The zero-order valence-electron chi connectivity index (χ0n) is 11.8. The van der Waals surface area contributed by atoms with Crippen LogP contribution < -0.4 is 0 Å². The fourth-order valence-corrected chi connectivity index (χ4v) is 1.72. The van der Waals surface area contributed by atoms with Crippen molar-refractivity contribution < 1.29 is 14.3 Å². The molecule has 0 radical (unpaired) electrons. The van der Waals surface area contributed by atoms with Gasteiger partial charge in [0.2, 0.25) is 5.90 Å². The molecule has 1 atom stereocenters. The van der Waals surface area contributed by atoms with Crippen molar-refractivity contribution >= 4 is 11.9 Å². The van der Waals surface area contributed by atoms with E-state index in [0.717, 1.165) is 5.56 Å². The van der Waals surface area contributed by atoms with E-state index in [1.54, 1.807) is 6.92 Å². The molecule has 1 heterocycles. The molecule has 1 aromatic rings. The highest BCUT2D eigenvalue weighted by molar-refractivity contribution is 5.98. The number of nitrogens with zero attached hydrogens (tertiary/aromatic N) is 1. The van der Waals surface area contributed by atoms with Crippen LogP contribution in [0.4, 0.5) is 0 Å². The first-order chi connectivity index (χ1) is 8.80.